The molecule has 6 nitrogen and oxygen atoms in total. The molecule has 0 aromatic heterocycles. The molecule has 0 spiro atoms. The van der Waals surface area contributed by atoms with Gasteiger partial charge in [0.2, 0.25) is 0 Å². The molecule has 120 valence electrons. The lowest BCUT2D eigenvalue weighted by Gasteiger charge is -2.12. The van der Waals surface area contributed by atoms with Gasteiger partial charge in [-0.1, -0.05) is 12.1 Å². The molecule has 1 N–H and O–H groups in total. The van der Waals surface area contributed by atoms with Crippen LogP contribution in [-0.2, 0) is 11.3 Å². The number of benzene rings is 2. The van der Waals surface area contributed by atoms with Crippen LogP contribution >= 0.6 is 0 Å². The third-order valence-corrected chi connectivity index (χ3v) is 3.44. The fourth-order valence-electron chi connectivity index (χ4n) is 2.25. The average Bonchev–Trinajstić information content (AvgIpc) is 2.64. The number of hydrogen-bond acceptors (Lipinski definition) is 6. The fourth-order valence-corrected chi connectivity index (χ4v) is 2.25. The van der Waals surface area contributed by atoms with Crippen molar-refractivity contribution in [2.75, 3.05) is 19.5 Å². The molecule has 2 aromatic carbocycles. The number of rotatable bonds is 5. The molecule has 0 bridgehead atoms. The first-order valence-corrected chi connectivity index (χ1v) is 7.07. The Morgan fingerprint density at radius 1 is 1.12 bits per heavy atom. The van der Waals surface area contributed by atoms with Gasteiger partial charge >= 0.3 is 5.97 Å². The molecule has 24 heavy (non-hydrogen) atoms. The number of hydrogen-bond donors (Lipinski definition) is 1. The quantitative estimate of drug-likeness (QED) is 0.851. The second kappa shape index (κ2) is 7.66. The van der Waals surface area contributed by atoms with Crippen molar-refractivity contribution in [1.82, 2.24) is 0 Å². The van der Waals surface area contributed by atoms with E-state index in [1.165, 1.54) is 14.2 Å². The van der Waals surface area contributed by atoms with Gasteiger partial charge in [0.05, 0.1) is 31.0 Å². The number of esters is 1. The number of ether oxygens (including phenoxy) is 2. The van der Waals surface area contributed by atoms with Crippen molar-refractivity contribution in [2.24, 2.45) is 0 Å². The van der Waals surface area contributed by atoms with Crippen molar-refractivity contribution in [3.8, 4) is 17.9 Å². The summed E-state index contributed by atoms with van der Waals surface area (Å²) in [5, 5.41) is 21.4. The van der Waals surface area contributed by atoms with Crippen molar-refractivity contribution in [3.63, 3.8) is 0 Å². The Kier molecular flexibility index (Phi) is 5.38. The number of carbonyl (C=O) groups excluding carboxylic acids is 1. The maximum absolute atomic E-state index is 11.8. The van der Waals surface area contributed by atoms with Crippen LogP contribution in [-0.4, -0.2) is 20.2 Å². The van der Waals surface area contributed by atoms with E-state index in [4.69, 9.17) is 9.47 Å². The van der Waals surface area contributed by atoms with Gasteiger partial charge in [-0.2, -0.15) is 10.5 Å². The molecule has 0 aliphatic carbocycles. The van der Waals surface area contributed by atoms with E-state index < -0.39 is 5.97 Å². The van der Waals surface area contributed by atoms with Gasteiger partial charge in [0.25, 0.3) is 0 Å². The van der Waals surface area contributed by atoms with Crippen LogP contribution in [0.3, 0.4) is 0 Å². The molecule has 0 saturated heterocycles. The Labute approximate surface area is 139 Å². The first-order valence-electron chi connectivity index (χ1n) is 7.07. The number of anilines is 1. The highest BCUT2D eigenvalue weighted by atomic mass is 16.5. The van der Waals surface area contributed by atoms with Crippen LogP contribution in [0.2, 0.25) is 0 Å². The molecule has 0 saturated carbocycles. The van der Waals surface area contributed by atoms with Gasteiger partial charge in [0.1, 0.15) is 23.5 Å². The van der Waals surface area contributed by atoms with Crippen LogP contribution in [0.15, 0.2) is 36.4 Å². The standard InChI is InChI=1S/C18H15N3O3/c1-23-16-7-6-12(8-15(16)18(22)24-2)11-21-17-13(9-19)4-3-5-14(17)10-20/h3-8,21H,11H2,1-2H3. The van der Waals surface area contributed by atoms with Crippen LogP contribution in [0.1, 0.15) is 27.0 Å². The van der Waals surface area contributed by atoms with E-state index in [2.05, 4.69) is 17.5 Å². The van der Waals surface area contributed by atoms with E-state index in [1.54, 1.807) is 36.4 Å². The summed E-state index contributed by atoms with van der Waals surface area (Å²) >= 11 is 0. The minimum atomic E-state index is -0.496. The Morgan fingerprint density at radius 3 is 2.33 bits per heavy atom. The summed E-state index contributed by atoms with van der Waals surface area (Å²) < 4.78 is 9.90. The molecule has 0 unspecified atom stereocenters. The number of carbonyl (C=O) groups is 1. The van der Waals surface area contributed by atoms with E-state index in [0.29, 0.717) is 34.7 Å². The molecule has 0 atom stereocenters. The topological polar surface area (TPSA) is 95.1 Å². The zero-order valence-electron chi connectivity index (χ0n) is 13.3. The predicted octanol–water partition coefficient (Wildman–Crippen LogP) is 2.84. The monoisotopic (exact) mass is 321 g/mol. The van der Waals surface area contributed by atoms with Crippen LogP contribution in [0.25, 0.3) is 0 Å². The Hall–Kier alpha value is -3.51. The van der Waals surface area contributed by atoms with Gasteiger partial charge in [-0.15, -0.1) is 0 Å². The molecule has 0 amide bonds. The summed E-state index contributed by atoms with van der Waals surface area (Å²) in [6, 6.07) is 14.2. The maximum atomic E-state index is 11.8. The van der Waals surface area contributed by atoms with E-state index in [0.717, 1.165) is 5.56 Å². The van der Waals surface area contributed by atoms with Crippen LogP contribution in [0.4, 0.5) is 5.69 Å². The molecule has 0 aliphatic rings. The van der Waals surface area contributed by atoms with Gasteiger partial charge < -0.3 is 14.8 Å². The van der Waals surface area contributed by atoms with Crippen LogP contribution < -0.4 is 10.1 Å². The van der Waals surface area contributed by atoms with Crippen LogP contribution in [0, 0.1) is 22.7 Å². The molecule has 6 heteroatoms. The molecule has 0 aliphatic heterocycles. The molecule has 2 aromatic rings. The molecule has 0 radical (unpaired) electrons. The molecule has 2 rings (SSSR count). The van der Waals surface area contributed by atoms with E-state index in [1.807, 2.05) is 0 Å². The third-order valence-electron chi connectivity index (χ3n) is 3.44. The minimum absolute atomic E-state index is 0.313. The highest BCUT2D eigenvalue weighted by Crippen LogP contribution is 2.24. The summed E-state index contributed by atoms with van der Waals surface area (Å²) in [4.78, 5) is 11.8. The van der Waals surface area contributed by atoms with Crippen LogP contribution in [0.5, 0.6) is 5.75 Å². The minimum Gasteiger partial charge on any atom is -0.496 e. The zero-order valence-corrected chi connectivity index (χ0v) is 13.3. The maximum Gasteiger partial charge on any atom is 0.341 e. The van der Waals surface area contributed by atoms with Crippen molar-refractivity contribution in [2.45, 2.75) is 6.54 Å². The van der Waals surface area contributed by atoms with E-state index in [-0.39, 0.29) is 0 Å². The molecule has 0 fully saturated rings. The van der Waals surface area contributed by atoms with Crippen molar-refractivity contribution in [1.29, 1.82) is 10.5 Å². The Balaban J connectivity index is 2.30. The molecule has 0 heterocycles. The fraction of sp³-hybridized carbons (Fsp3) is 0.167. The number of para-hydroxylation sites is 1. The summed E-state index contributed by atoms with van der Waals surface area (Å²) in [6.07, 6.45) is 0. The average molecular weight is 321 g/mol. The van der Waals surface area contributed by atoms with Crippen molar-refractivity contribution in [3.05, 3.63) is 58.7 Å². The van der Waals surface area contributed by atoms with E-state index in [9.17, 15) is 15.3 Å². The van der Waals surface area contributed by atoms with Gasteiger partial charge in [-0.3, -0.25) is 0 Å². The largest absolute Gasteiger partial charge is 0.496 e. The normalized spacial score (nSPS) is 9.50. The zero-order chi connectivity index (χ0) is 17.5. The van der Waals surface area contributed by atoms with E-state index >= 15 is 0 Å². The van der Waals surface area contributed by atoms with Gasteiger partial charge in [0.15, 0.2) is 0 Å². The third kappa shape index (κ3) is 3.45. The smallest absolute Gasteiger partial charge is 0.341 e. The second-order valence-corrected chi connectivity index (χ2v) is 4.83. The lowest BCUT2D eigenvalue weighted by Crippen LogP contribution is -2.07. The van der Waals surface area contributed by atoms with Crippen molar-refractivity contribution < 1.29 is 14.3 Å². The number of nitriles is 2. The molecular weight excluding hydrogens is 306 g/mol. The van der Waals surface area contributed by atoms with Gasteiger partial charge in [-0.25, -0.2) is 4.79 Å². The number of nitrogens with zero attached hydrogens (tertiary/aromatic N) is 2. The number of nitrogens with one attached hydrogen (secondary N) is 1. The lowest BCUT2D eigenvalue weighted by molar-refractivity contribution is 0.0597. The first kappa shape index (κ1) is 16.9. The van der Waals surface area contributed by atoms with Crippen molar-refractivity contribution >= 4 is 11.7 Å². The SMILES string of the molecule is COC(=O)c1cc(CNc2c(C#N)cccc2C#N)ccc1OC. The highest BCUT2D eigenvalue weighted by Gasteiger charge is 2.14. The summed E-state index contributed by atoms with van der Waals surface area (Å²) in [5.74, 6) is -0.0791. The Morgan fingerprint density at radius 2 is 1.79 bits per heavy atom. The van der Waals surface area contributed by atoms with Gasteiger partial charge in [-0.05, 0) is 29.8 Å². The Bertz CT molecular complexity index is 815. The first-order chi connectivity index (χ1) is 11.6. The number of methoxy groups -OCH3 is 2. The lowest BCUT2D eigenvalue weighted by atomic mass is 10.1. The summed E-state index contributed by atoms with van der Waals surface area (Å²) in [5.41, 5.74) is 2.34. The van der Waals surface area contributed by atoms with Gasteiger partial charge in [0, 0.05) is 6.54 Å². The predicted molar refractivity (Wildman–Crippen MR) is 87.5 cm³/mol. The summed E-state index contributed by atoms with van der Waals surface area (Å²) in [6.45, 7) is 0.335. The molecular formula is C18H15N3O3. The highest BCUT2D eigenvalue weighted by molar-refractivity contribution is 5.92. The second-order valence-electron chi connectivity index (χ2n) is 4.83. The summed E-state index contributed by atoms with van der Waals surface area (Å²) in [7, 11) is 2.77.